The lowest BCUT2D eigenvalue weighted by Gasteiger charge is -2.10. The lowest BCUT2D eigenvalue weighted by Crippen LogP contribution is -1.97. The maximum Gasteiger partial charge on any atom is 0.159 e. The summed E-state index contributed by atoms with van der Waals surface area (Å²) in [6.07, 6.45) is 0. The molecule has 0 spiro atoms. The third-order valence-electron chi connectivity index (χ3n) is 3.43. The predicted molar refractivity (Wildman–Crippen MR) is 96.7 cm³/mol. The van der Waals surface area contributed by atoms with Crippen LogP contribution in [0, 0.1) is 10.5 Å². The first-order chi connectivity index (χ1) is 10.6. The van der Waals surface area contributed by atoms with Gasteiger partial charge in [0.2, 0.25) is 0 Å². The number of aromatic amines is 1. The summed E-state index contributed by atoms with van der Waals surface area (Å²) in [7, 11) is 0. The van der Waals surface area contributed by atoms with E-state index in [1.807, 2.05) is 37.3 Å². The molecule has 0 saturated carbocycles. The van der Waals surface area contributed by atoms with Crippen molar-refractivity contribution in [3.8, 4) is 17.0 Å². The number of nitrogen functional groups attached to an aromatic ring is 1. The Hall–Kier alpha value is -2.02. The van der Waals surface area contributed by atoms with E-state index in [0.717, 1.165) is 31.7 Å². The summed E-state index contributed by atoms with van der Waals surface area (Å²) < 4.78 is 6.84. The van der Waals surface area contributed by atoms with Gasteiger partial charge < -0.3 is 10.5 Å². The van der Waals surface area contributed by atoms with Crippen molar-refractivity contribution in [1.82, 2.24) is 10.2 Å². The van der Waals surface area contributed by atoms with Crippen molar-refractivity contribution in [2.45, 2.75) is 13.5 Å². The molecular formula is C17H16IN3O. The molecule has 0 atom stereocenters. The van der Waals surface area contributed by atoms with Gasteiger partial charge in [-0.15, -0.1) is 0 Å². The molecule has 2 aromatic carbocycles. The van der Waals surface area contributed by atoms with Crippen molar-refractivity contribution < 1.29 is 4.74 Å². The number of halogens is 1. The third-order valence-corrected chi connectivity index (χ3v) is 4.53. The minimum atomic E-state index is 0.526. The summed E-state index contributed by atoms with van der Waals surface area (Å²) in [5.41, 5.74) is 10.0. The second kappa shape index (κ2) is 6.39. The van der Waals surface area contributed by atoms with Crippen LogP contribution >= 0.6 is 22.6 Å². The van der Waals surface area contributed by atoms with Crippen molar-refractivity contribution >= 4 is 28.4 Å². The Labute approximate surface area is 142 Å². The molecule has 0 saturated heterocycles. The molecule has 0 aliphatic heterocycles. The Morgan fingerprint density at radius 3 is 2.59 bits per heavy atom. The summed E-state index contributed by atoms with van der Waals surface area (Å²) in [5.74, 6) is 1.41. The molecule has 5 heteroatoms. The quantitative estimate of drug-likeness (QED) is 0.641. The zero-order valence-corrected chi connectivity index (χ0v) is 14.3. The lowest BCUT2D eigenvalue weighted by atomic mass is 10.1. The molecule has 0 radical (unpaired) electrons. The summed E-state index contributed by atoms with van der Waals surface area (Å²) in [4.78, 5) is 0. The molecule has 1 heterocycles. The van der Waals surface area contributed by atoms with Crippen LogP contribution in [-0.2, 0) is 6.61 Å². The topological polar surface area (TPSA) is 63.9 Å². The monoisotopic (exact) mass is 405 g/mol. The summed E-state index contributed by atoms with van der Waals surface area (Å²) in [6.45, 7) is 2.60. The Kier molecular flexibility index (Phi) is 4.33. The number of nitrogens with two attached hydrogens (primary N) is 1. The summed E-state index contributed by atoms with van der Waals surface area (Å²) in [6, 6.07) is 16.2. The first kappa shape index (κ1) is 14.9. The molecule has 3 aromatic rings. The van der Waals surface area contributed by atoms with Gasteiger partial charge in [0.05, 0.1) is 9.26 Å². The number of nitrogens with one attached hydrogen (secondary N) is 1. The lowest BCUT2D eigenvalue weighted by molar-refractivity contribution is 0.304. The highest BCUT2D eigenvalue weighted by Gasteiger charge is 2.11. The second-order valence-corrected chi connectivity index (χ2v) is 6.13. The van der Waals surface area contributed by atoms with Crippen molar-refractivity contribution in [2.75, 3.05) is 5.73 Å². The molecule has 0 amide bonds. The number of aryl methyl sites for hydroxylation is 1. The molecule has 1 aromatic heterocycles. The van der Waals surface area contributed by atoms with Gasteiger partial charge in [0.1, 0.15) is 12.4 Å². The summed E-state index contributed by atoms with van der Waals surface area (Å²) in [5, 5.41) is 7.01. The maximum absolute atomic E-state index is 5.90. The van der Waals surface area contributed by atoms with E-state index < -0.39 is 0 Å². The number of hydrogen-bond acceptors (Lipinski definition) is 3. The number of benzene rings is 2. The van der Waals surface area contributed by atoms with Gasteiger partial charge in [0.15, 0.2) is 5.82 Å². The van der Waals surface area contributed by atoms with Gasteiger partial charge >= 0.3 is 0 Å². The van der Waals surface area contributed by atoms with Gasteiger partial charge in [0.25, 0.3) is 0 Å². The highest BCUT2D eigenvalue weighted by molar-refractivity contribution is 14.1. The normalized spacial score (nSPS) is 10.6. The number of rotatable bonds is 4. The minimum absolute atomic E-state index is 0.526. The fourth-order valence-electron chi connectivity index (χ4n) is 2.24. The molecule has 4 nitrogen and oxygen atoms in total. The van der Waals surface area contributed by atoms with Crippen LogP contribution in [-0.4, -0.2) is 10.2 Å². The van der Waals surface area contributed by atoms with E-state index >= 15 is 0 Å². The highest BCUT2D eigenvalue weighted by atomic mass is 127. The molecule has 0 unspecified atom stereocenters. The molecule has 0 aliphatic rings. The number of aromatic nitrogens is 2. The molecule has 0 fully saturated rings. The number of hydrogen-bond donors (Lipinski definition) is 2. The molecule has 22 heavy (non-hydrogen) atoms. The van der Waals surface area contributed by atoms with Crippen molar-refractivity contribution in [2.24, 2.45) is 0 Å². The van der Waals surface area contributed by atoms with Gasteiger partial charge in [-0.25, -0.2) is 0 Å². The molecule has 0 bridgehead atoms. The van der Waals surface area contributed by atoms with Crippen LogP contribution in [0.2, 0.25) is 0 Å². The zero-order valence-electron chi connectivity index (χ0n) is 12.1. The van der Waals surface area contributed by atoms with Crippen LogP contribution in [0.1, 0.15) is 11.1 Å². The molecule has 112 valence electrons. The van der Waals surface area contributed by atoms with Crippen molar-refractivity contribution in [1.29, 1.82) is 0 Å². The largest absolute Gasteiger partial charge is 0.489 e. The average Bonchev–Trinajstić information content (AvgIpc) is 2.87. The number of H-pyrrole nitrogens is 1. The van der Waals surface area contributed by atoms with Gasteiger partial charge in [-0.3, -0.25) is 5.10 Å². The standard InChI is InChI=1S/C17H16IN3O/c1-11-9-13(16-15(18)17(19)21-20-16)7-8-14(11)22-10-12-5-3-2-4-6-12/h2-9H,10H2,1H3,(H3,19,20,21). The van der Waals surface area contributed by atoms with E-state index in [-0.39, 0.29) is 0 Å². The fourth-order valence-corrected chi connectivity index (χ4v) is 2.79. The molecule has 3 N–H and O–H groups in total. The molecular weight excluding hydrogens is 389 g/mol. The Bertz CT molecular complexity index is 784. The Balaban J connectivity index is 1.79. The van der Waals surface area contributed by atoms with Gasteiger partial charge in [-0.1, -0.05) is 30.3 Å². The smallest absolute Gasteiger partial charge is 0.159 e. The highest BCUT2D eigenvalue weighted by Crippen LogP contribution is 2.30. The van der Waals surface area contributed by atoms with E-state index in [1.165, 1.54) is 0 Å². The second-order valence-electron chi connectivity index (χ2n) is 5.05. The van der Waals surface area contributed by atoms with Gasteiger partial charge in [-0.05, 0) is 58.8 Å². The number of anilines is 1. The Morgan fingerprint density at radius 2 is 1.95 bits per heavy atom. The van der Waals surface area contributed by atoms with Gasteiger partial charge in [-0.2, -0.15) is 5.10 Å². The van der Waals surface area contributed by atoms with Crippen LogP contribution in [0.5, 0.6) is 5.75 Å². The maximum atomic E-state index is 5.90. The van der Waals surface area contributed by atoms with Crippen LogP contribution in [0.3, 0.4) is 0 Å². The average molecular weight is 405 g/mol. The number of nitrogens with zero attached hydrogens (tertiary/aromatic N) is 1. The first-order valence-electron chi connectivity index (χ1n) is 6.92. The third kappa shape index (κ3) is 3.09. The van der Waals surface area contributed by atoms with E-state index in [2.05, 4.69) is 51.0 Å². The SMILES string of the molecule is Cc1cc(-c2[nH]nc(N)c2I)ccc1OCc1ccccc1. The van der Waals surface area contributed by atoms with E-state index in [4.69, 9.17) is 10.5 Å². The van der Waals surface area contributed by atoms with Crippen LogP contribution in [0.25, 0.3) is 11.3 Å². The first-order valence-corrected chi connectivity index (χ1v) is 8.00. The number of ether oxygens (including phenoxy) is 1. The van der Waals surface area contributed by atoms with Crippen LogP contribution in [0.15, 0.2) is 48.5 Å². The fraction of sp³-hybridized carbons (Fsp3) is 0.118. The van der Waals surface area contributed by atoms with Crippen LogP contribution < -0.4 is 10.5 Å². The van der Waals surface area contributed by atoms with E-state index in [0.29, 0.717) is 12.4 Å². The Morgan fingerprint density at radius 1 is 1.18 bits per heavy atom. The summed E-state index contributed by atoms with van der Waals surface area (Å²) >= 11 is 2.20. The van der Waals surface area contributed by atoms with Crippen molar-refractivity contribution in [3.63, 3.8) is 0 Å². The van der Waals surface area contributed by atoms with Gasteiger partial charge in [0, 0.05) is 5.56 Å². The van der Waals surface area contributed by atoms with Crippen molar-refractivity contribution in [3.05, 3.63) is 63.2 Å². The predicted octanol–water partition coefficient (Wildman–Crippen LogP) is 4.15. The zero-order chi connectivity index (χ0) is 15.5. The minimum Gasteiger partial charge on any atom is -0.489 e. The van der Waals surface area contributed by atoms with E-state index in [1.54, 1.807) is 0 Å². The molecule has 3 rings (SSSR count). The molecule has 0 aliphatic carbocycles. The van der Waals surface area contributed by atoms with Crippen LogP contribution in [0.4, 0.5) is 5.82 Å². The van der Waals surface area contributed by atoms with E-state index in [9.17, 15) is 0 Å².